The van der Waals surface area contributed by atoms with Crippen LogP contribution in [0.25, 0.3) is 0 Å². The Bertz CT molecular complexity index is 198. The number of aliphatic hydroxyl groups is 2. The van der Waals surface area contributed by atoms with Crippen molar-refractivity contribution in [1.82, 2.24) is 0 Å². The van der Waals surface area contributed by atoms with Gasteiger partial charge in [0, 0.05) is 6.08 Å². The molecule has 0 fully saturated rings. The van der Waals surface area contributed by atoms with E-state index in [2.05, 4.69) is 4.74 Å². The van der Waals surface area contributed by atoms with Gasteiger partial charge in [0.2, 0.25) is 0 Å². The van der Waals surface area contributed by atoms with E-state index in [0.29, 0.717) is 6.61 Å². The van der Waals surface area contributed by atoms with Gasteiger partial charge < -0.3 is 14.9 Å². The molecule has 0 bridgehead atoms. The Morgan fingerprint density at radius 1 is 1.43 bits per heavy atom. The fourth-order valence-electron chi connectivity index (χ4n) is 0.876. The van der Waals surface area contributed by atoms with Crippen molar-refractivity contribution >= 4 is 5.97 Å². The second-order valence-electron chi connectivity index (χ2n) is 3.34. The zero-order valence-corrected chi connectivity index (χ0v) is 8.80. The molecule has 0 aromatic carbocycles. The van der Waals surface area contributed by atoms with Gasteiger partial charge in [-0.2, -0.15) is 0 Å². The summed E-state index contributed by atoms with van der Waals surface area (Å²) in [6.45, 7) is 5.56. The third-order valence-corrected chi connectivity index (χ3v) is 1.75. The molecule has 0 amide bonds. The fraction of sp³-hybridized carbons (Fsp3) is 0.700. The first-order chi connectivity index (χ1) is 6.49. The van der Waals surface area contributed by atoms with E-state index in [-0.39, 0.29) is 5.92 Å². The van der Waals surface area contributed by atoms with Gasteiger partial charge in [-0.25, -0.2) is 4.79 Å². The molecule has 4 heteroatoms. The molecule has 4 nitrogen and oxygen atoms in total. The minimum Gasteiger partial charge on any atom is -0.463 e. The lowest BCUT2D eigenvalue weighted by Gasteiger charge is -2.17. The highest BCUT2D eigenvalue weighted by atomic mass is 16.5. The molecule has 0 aliphatic rings. The van der Waals surface area contributed by atoms with Gasteiger partial charge in [0.15, 0.2) is 0 Å². The van der Waals surface area contributed by atoms with Gasteiger partial charge in [-0.15, -0.1) is 0 Å². The predicted molar refractivity (Wildman–Crippen MR) is 52.6 cm³/mol. The van der Waals surface area contributed by atoms with Crippen molar-refractivity contribution in [3.63, 3.8) is 0 Å². The molecule has 0 aromatic rings. The molecule has 0 radical (unpaired) electrons. The SMILES string of the molecule is CCOC(=O)/C=C/[C@@H](O)[C@H](O)C(C)C. The Labute approximate surface area is 84.2 Å². The lowest BCUT2D eigenvalue weighted by molar-refractivity contribution is -0.137. The molecular formula is C10H18O4. The second-order valence-corrected chi connectivity index (χ2v) is 3.34. The normalized spacial score (nSPS) is 15.9. The van der Waals surface area contributed by atoms with Crippen molar-refractivity contribution in [1.29, 1.82) is 0 Å². The molecule has 2 N–H and O–H groups in total. The van der Waals surface area contributed by atoms with Crippen LogP contribution in [0.2, 0.25) is 0 Å². The van der Waals surface area contributed by atoms with Gasteiger partial charge in [0.25, 0.3) is 0 Å². The zero-order chi connectivity index (χ0) is 11.1. The standard InChI is InChI=1S/C10H18O4/c1-4-14-9(12)6-5-8(11)10(13)7(2)3/h5-8,10-11,13H,4H2,1-3H3/b6-5+/t8-,10-/m1/s1. The third-order valence-electron chi connectivity index (χ3n) is 1.75. The molecule has 0 spiro atoms. The highest BCUT2D eigenvalue weighted by Crippen LogP contribution is 2.07. The lowest BCUT2D eigenvalue weighted by atomic mass is 10.0. The number of carbonyl (C=O) groups is 1. The van der Waals surface area contributed by atoms with Crippen LogP contribution >= 0.6 is 0 Å². The van der Waals surface area contributed by atoms with Crippen LogP contribution in [-0.4, -0.2) is 35.0 Å². The molecule has 0 saturated heterocycles. The van der Waals surface area contributed by atoms with Gasteiger partial charge in [-0.3, -0.25) is 0 Å². The Morgan fingerprint density at radius 2 is 2.00 bits per heavy atom. The number of esters is 1. The van der Waals surface area contributed by atoms with Crippen LogP contribution in [0.1, 0.15) is 20.8 Å². The Hall–Kier alpha value is -0.870. The van der Waals surface area contributed by atoms with E-state index in [1.54, 1.807) is 20.8 Å². The van der Waals surface area contributed by atoms with Crippen LogP contribution in [0, 0.1) is 5.92 Å². The average molecular weight is 202 g/mol. The van der Waals surface area contributed by atoms with Crippen molar-refractivity contribution in [2.45, 2.75) is 33.0 Å². The molecule has 0 aliphatic carbocycles. The van der Waals surface area contributed by atoms with Gasteiger partial charge >= 0.3 is 5.97 Å². The predicted octanol–water partition coefficient (Wildman–Crippen LogP) is 0.484. The Kier molecular flexibility index (Phi) is 6.16. The molecule has 0 heterocycles. The molecule has 14 heavy (non-hydrogen) atoms. The van der Waals surface area contributed by atoms with Crippen molar-refractivity contribution in [3.8, 4) is 0 Å². The van der Waals surface area contributed by atoms with E-state index < -0.39 is 18.2 Å². The van der Waals surface area contributed by atoms with E-state index in [1.165, 1.54) is 6.08 Å². The van der Waals surface area contributed by atoms with E-state index in [4.69, 9.17) is 0 Å². The second kappa shape index (κ2) is 6.56. The monoisotopic (exact) mass is 202 g/mol. The van der Waals surface area contributed by atoms with Crippen LogP contribution in [0.4, 0.5) is 0 Å². The summed E-state index contributed by atoms with van der Waals surface area (Å²) in [5.41, 5.74) is 0. The fourth-order valence-corrected chi connectivity index (χ4v) is 0.876. The van der Waals surface area contributed by atoms with E-state index >= 15 is 0 Å². The quantitative estimate of drug-likeness (QED) is 0.503. The summed E-state index contributed by atoms with van der Waals surface area (Å²) in [5.74, 6) is -0.570. The summed E-state index contributed by atoms with van der Waals surface area (Å²) in [6, 6.07) is 0. The van der Waals surface area contributed by atoms with E-state index in [1.807, 2.05) is 0 Å². The van der Waals surface area contributed by atoms with E-state index in [0.717, 1.165) is 6.08 Å². The first kappa shape index (κ1) is 13.1. The van der Waals surface area contributed by atoms with Crippen molar-refractivity contribution in [3.05, 3.63) is 12.2 Å². The highest BCUT2D eigenvalue weighted by molar-refractivity contribution is 5.81. The molecule has 82 valence electrons. The largest absolute Gasteiger partial charge is 0.463 e. The average Bonchev–Trinajstić information content (AvgIpc) is 2.13. The molecule has 0 unspecified atom stereocenters. The number of aliphatic hydroxyl groups excluding tert-OH is 2. The minimum absolute atomic E-state index is 0.0585. The maximum atomic E-state index is 10.8. The van der Waals surface area contributed by atoms with Gasteiger partial charge in [-0.05, 0) is 18.9 Å². The number of rotatable bonds is 5. The number of carbonyl (C=O) groups excluding carboxylic acids is 1. The zero-order valence-electron chi connectivity index (χ0n) is 8.80. The summed E-state index contributed by atoms with van der Waals surface area (Å²) >= 11 is 0. The summed E-state index contributed by atoms with van der Waals surface area (Å²) in [6.07, 6.45) is 0.475. The number of hydrogen-bond acceptors (Lipinski definition) is 4. The molecule has 0 rings (SSSR count). The van der Waals surface area contributed by atoms with Crippen LogP contribution < -0.4 is 0 Å². The van der Waals surface area contributed by atoms with Gasteiger partial charge in [0.05, 0.1) is 18.8 Å². The minimum atomic E-state index is -1.03. The van der Waals surface area contributed by atoms with Crippen molar-refractivity contribution in [2.75, 3.05) is 6.61 Å². The first-order valence-electron chi connectivity index (χ1n) is 4.70. The van der Waals surface area contributed by atoms with Gasteiger partial charge in [-0.1, -0.05) is 13.8 Å². The molecular weight excluding hydrogens is 184 g/mol. The smallest absolute Gasteiger partial charge is 0.330 e. The maximum Gasteiger partial charge on any atom is 0.330 e. The Balaban J connectivity index is 4.04. The Morgan fingerprint density at radius 3 is 2.43 bits per heavy atom. The summed E-state index contributed by atoms with van der Waals surface area (Å²) < 4.78 is 4.61. The first-order valence-corrected chi connectivity index (χ1v) is 4.70. The molecule has 2 atom stereocenters. The topological polar surface area (TPSA) is 66.8 Å². The van der Waals surface area contributed by atoms with Crippen LogP contribution in [0.3, 0.4) is 0 Å². The van der Waals surface area contributed by atoms with Crippen LogP contribution in [0.15, 0.2) is 12.2 Å². The van der Waals surface area contributed by atoms with Crippen LogP contribution in [-0.2, 0) is 9.53 Å². The van der Waals surface area contributed by atoms with Crippen molar-refractivity contribution < 1.29 is 19.7 Å². The molecule has 0 aromatic heterocycles. The van der Waals surface area contributed by atoms with Crippen molar-refractivity contribution in [2.24, 2.45) is 5.92 Å². The lowest BCUT2D eigenvalue weighted by Crippen LogP contribution is -2.29. The summed E-state index contributed by atoms with van der Waals surface area (Å²) in [4.78, 5) is 10.8. The molecule has 0 saturated carbocycles. The van der Waals surface area contributed by atoms with E-state index in [9.17, 15) is 15.0 Å². The summed E-state index contributed by atoms with van der Waals surface area (Å²) in [7, 11) is 0. The highest BCUT2D eigenvalue weighted by Gasteiger charge is 2.17. The van der Waals surface area contributed by atoms with Gasteiger partial charge in [0.1, 0.15) is 0 Å². The summed E-state index contributed by atoms with van der Waals surface area (Å²) in [5, 5.41) is 18.7. The third kappa shape index (κ3) is 4.99. The molecule has 0 aliphatic heterocycles. The number of ether oxygens (including phenoxy) is 1. The maximum absolute atomic E-state index is 10.8. The number of hydrogen-bond donors (Lipinski definition) is 2. The van der Waals surface area contributed by atoms with Crippen LogP contribution in [0.5, 0.6) is 0 Å².